The van der Waals surface area contributed by atoms with Gasteiger partial charge in [-0.3, -0.25) is 4.79 Å². The van der Waals surface area contributed by atoms with Crippen LogP contribution in [0.4, 0.5) is 0 Å². The second-order valence-corrected chi connectivity index (χ2v) is 4.32. The standard InChI is InChI=1S/C14H21NO2/c1-4-13(15)12(9-14(16)17-3)11-8-6-5-7-10(11)2/h5-8,12-13H,4,9,15H2,1-3H3. The van der Waals surface area contributed by atoms with Gasteiger partial charge in [-0.05, 0) is 24.5 Å². The number of benzene rings is 1. The molecule has 3 heteroatoms. The number of methoxy groups -OCH3 is 1. The van der Waals surface area contributed by atoms with E-state index < -0.39 is 0 Å². The molecule has 0 saturated carbocycles. The monoisotopic (exact) mass is 235 g/mol. The number of carbonyl (C=O) groups is 1. The number of carbonyl (C=O) groups excluding carboxylic acids is 1. The van der Waals surface area contributed by atoms with E-state index in [1.807, 2.05) is 38.1 Å². The number of ether oxygens (including phenoxy) is 1. The van der Waals surface area contributed by atoms with Gasteiger partial charge in [0.25, 0.3) is 0 Å². The molecule has 1 aromatic rings. The Morgan fingerprint density at radius 1 is 1.41 bits per heavy atom. The van der Waals surface area contributed by atoms with Gasteiger partial charge in [0, 0.05) is 12.0 Å². The summed E-state index contributed by atoms with van der Waals surface area (Å²) in [6.07, 6.45) is 1.19. The fourth-order valence-electron chi connectivity index (χ4n) is 2.04. The summed E-state index contributed by atoms with van der Waals surface area (Å²) in [6.45, 7) is 4.08. The molecule has 0 aliphatic heterocycles. The molecule has 17 heavy (non-hydrogen) atoms. The summed E-state index contributed by atoms with van der Waals surface area (Å²) in [6, 6.07) is 8.04. The maximum absolute atomic E-state index is 11.4. The minimum absolute atomic E-state index is 0.0183. The molecule has 0 fully saturated rings. The second-order valence-electron chi connectivity index (χ2n) is 4.32. The van der Waals surface area contributed by atoms with E-state index in [9.17, 15) is 4.79 Å². The van der Waals surface area contributed by atoms with Gasteiger partial charge in [0.1, 0.15) is 0 Å². The van der Waals surface area contributed by atoms with Gasteiger partial charge in [0.2, 0.25) is 0 Å². The van der Waals surface area contributed by atoms with Crippen molar-refractivity contribution < 1.29 is 9.53 Å². The molecule has 1 rings (SSSR count). The van der Waals surface area contributed by atoms with Crippen LogP contribution in [0, 0.1) is 6.92 Å². The third kappa shape index (κ3) is 3.56. The molecule has 0 aromatic heterocycles. The van der Waals surface area contributed by atoms with Crippen molar-refractivity contribution in [3.05, 3.63) is 35.4 Å². The maximum Gasteiger partial charge on any atom is 0.306 e. The summed E-state index contributed by atoms with van der Waals surface area (Å²) in [5.74, 6) is -0.171. The molecule has 0 saturated heterocycles. The van der Waals surface area contributed by atoms with Crippen molar-refractivity contribution in [2.24, 2.45) is 5.73 Å². The van der Waals surface area contributed by atoms with Crippen molar-refractivity contribution in [1.29, 1.82) is 0 Å². The van der Waals surface area contributed by atoms with Crippen molar-refractivity contribution in [2.45, 2.75) is 38.6 Å². The van der Waals surface area contributed by atoms with Crippen molar-refractivity contribution in [3.8, 4) is 0 Å². The van der Waals surface area contributed by atoms with Crippen LogP contribution in [-0.4, -0.2) is 19.1 Å². The summed E-state index contributed by atoms with van der Waals surface area (Å²) in [5, 5.41) is 0. The lowest BCUT2D eigenvalue weighted by Gasteiger charge is -2.23. The van der Waals surface area contributed by atoms with Gasteiger partial charge in [0.15, 0.2) is 0 Å². The van der Waals surface area contributed by atoms with Crippen molar-refractivity contribution in [1.82, 2.24) is 0 Å². The smallest absolute Gasteiger partial charge is 0.306 e. The summed E-state index contributed by atoms with van der Waals surface area (Å²) in [5.41, 5.74) is 8.43. The number of hydrogen-bond donors (Lipinski definition) is 1. The first kappa shape index (κ1) is 13.7. The molecule has 0 heterocycles. The van der Waals surface area contributed by atoms with Gasteiger partial charge in [0.05, 0.1) is 13.5 Å². The lowest BCUT2D eigenvalue weighted by Crippen LogP contribution is -2.30. The first-order chi connectivity index (χ1) is 8.10. The average Bonchev–Trinajstić information content (AvgIpc) is 2.35. The zero-order chi connectivity index (χ0) is 12.8. The lowest BCUT2D eigenvalue weighted by atomic mass is 9.85. The molecule has 2 atom stereocenters. The second kappa shape index (κ2) is 6.40. The molecule has 0 aliphatic carbocycles. The lowest BCUT2D eigenvalue weighted by molar-refractivity contribution is -0.141. The van der Waals surface area contributed by atoms with Crippen LogP contribution >= 0.6 is 0 Å². The van der Waals surface area contributed by atoms with Gasteiger partial charge in [-0.25, -0.2) is 0 Å². The fraction of sp³-hybridized carbons (Fsp3) is 0.500. The van der Waals surface area contributed by atoms with E-state index in [-0.39, 0.29) is 17.9 Å². The molecule has 3 nitrogen and oxygen atoms in total. The van der Waals surface area contributed by atoms with E-state index in [4.69, 9.17) is 10.5 Å². The Labute approximate surface area is 103 Å². The summed E-state index contributed by atoms with van der Waals surface area (Å²) in [4.78, 5) is 11.4. The minimum atomic E-state index is -0.206. The minimum Gasteiger partial charge on any atom is -0.469 e. The third-order valence-electron chi connectivity index (χ3n) is 3.19. The number of esters is 1. The van der Waals surface area contributed by atoms with Crippen LogP contribution in [0.25, 0.3) is 0 Å². The van der Waals surface area contributed by atoms with Gasteiger partial charge in [-0.2, -0.15) is 0 Å². The molecule has 0 amide bonds. The summed E-state index contributed by atoms with van der Waals surface area (Å²) < 4.78 is 4.74. The highest BCUT2D eigenvalue weighted by molar-refractivity contribution is 5.70. The highest BCUT2D eigenvalue weighted by atomic mass is 16.5. The van der Waals surface area contributed by atoms with E-state index in [0.29, 0.717) is 6.42 Å². The summed E-state index contributed by atoms with van der Waals surface area (Å²) in [7, 11) is 1.41. The van der Waals surface area contributed by atoms with E-state index in [1.54, 1.807) is 0 Å². The first-order valence-corrected chi connectivity index (χ1v) is 5.98. The van der Waals surface area contributed by atoms with Crippen LogP contribution in [0.5, 0.6) is 0 Å². The predicted octanol–water partition coefficient (Wildman–Crippen LogP) is 2.38. The van der Waals surface area contributed by atoms with Crippen LogP contribution < -0.4 is 5.73 Å². The molecule has 0 radical (unpaired) electrons. The van der Waals surface area contributed by atoms with Gasteiger partial charge < -0.3 is 10.5 Å². The molecule has 0 bridgehead atoms. The SMILES string of the molecule is CCC(N)C(CC(=O)OC)c1ccccc1C. The molecule has 0 spiro atoms. The zero-order valence-corrected chi connectivity index (χ0v) is 10.8. The number of hydrogen-bond acceptors (Lipinski definition) is 3. The first-order valence-electron chi connectivity index (χ1n) is 5.98. The van der Waals surface area contributed by atoms with Crippen LogP contribution in [0.3, 0.4) is 0 Å². The third-order valence-corrected chi connectivity index (χ3v) is 3.19. The van der Waals surface area contributed by atoms with E-state index >= 15 is 0 Å². The molecule has 1 aromatic carbocycles. The summed E-state index contributed by atoms with van der Waals surface area (Å²) >= 11 is 0. The normalized spacial score (nSPS) is 14.1. The maximum atomic E-state index is 11.4. The van der Waals surface area contributed by atoms with Crippen molar-refractivity contribution >= 4 is 5.97 Å². The van der Waals surface area contributed by atoms with Crippen LogP contribution in [0.2, 0.25) is 0 Å². The van der Waals surface area contributed by atoms with Crippen LogP contribution in [-0.2, 0) is 9.53 Å². The largest absolute Gasteiger partial charge is 0.469 e. The molecule has 2 unspecified atom stereocenters. The highest BCUT2D eigenvalue weighted by Gasteiger charge is 2.23. The van der Waals surface area contributed by atoms with Crippen LogP contribution in [0.1, 0.15) is 36.8 Å². The molecular weight excluding hydrogens is 214 g/mol. The van der Waals surface area contributed by atoms with E-state index in [2.05, 4.69) is 0 Å². The van der Waals surface area contributed by atoms with Gasteiger partial charge in [-0.1, -0.05) is 31.2 Å². The number of rotatable bonds is 5. The Hall–Kier alpha value is -1.35. The van der Waals surface area contributed by atoms with Crippen LogP contribution in [0.15, 0.2) is 24.3 Å². The van der Waals surface area contributed by atoms with Gasteiger partial charge >= 0.3 is 5.97 Å². The Kier molecular flexibility index (Phi) is 5.16. The Morgan fingerprint density at radius 2 is 2.06 bits per heavy atom. The average molecular weight is 235 g/mol. The molecular formula is C14H21NO2. The van der Waals surface area contributed by atoms with E-state index in [1.165, 1.54) is 12.7 Å². The van der Waals surface area contributed by atoms with Crippen molar-refractivity contribution in [2.75, 3.05) is 7.11 Å². The predicted molar refractivity (Wildman–Crippen MR) is 68.8 cm³/mol. The quantitative estimate of drug-likeness (QED) is 0.797. The Bertz CT molecular complexity index is 376. The Morgan fingerprint density at radius 3 is 2.59 bits per heavy atom. The fourth-order valence-corrected chi connectivity index (χ4v) is 2.04. The van der Waals surface area contributed by atoms with E-state index in [0.717, 1.165) is 12.0 Å². The molecule has 2 N–H and O–H groups in total. The van der Waals surface area contributed by atoms with Gasteiger partial charge in [-0.15, -0.1) is 0 Å². The molecule has 0 aliphatic rings. The van der Waals surface area contributed by atoms with Crippen molar-refractivity contribution in [3.63, 3.8) is 0 Å². The number of nitrogens with two attached hydrogens (primary N) is 1. The number of aryl methyl sites for hydroxylation is 1. The molecule has 94 valence electrons. The highest BCUT2D eigenvalue weighted by Crippen LogP contribution is 2.27. The zero-order valence-electron chi connectivity index (χ0n) is 10.8. The topological polar surface area (TPSA) is 52.3 Å². The Balaban J connectivity index is 2.98.